The summed E-state index contributed by atoms with van der Waals surface area (Å²) >= 11 is 1.44. The second-order valence-electron chi connectivity index (χ2n) is 7.87. The van der Waals surface area contributed by atoms with Gasteiger partial charge in [-0.15, -0.1) is 21.5 Å². The van der Waals surface area contributed by atoms with Crippen LogP contribution in [0.2, 0.25) is 0 Å². The fraction of sp³-hybridized carbons (Fsp3) is 0.318. The fourth-order valence-electron chi connectivity index (χ4n) is 3.62. The molecule has 34 heavy (non-hydrogen) atoms. The van der Waals surface area contributed by atoms with Gasteiger partial charge in [0.2, 0.25) is 11.8 Å². The number of imide groups is 1. The van der Waals surface area contributed by atoms with Crippen LogP contribution in [0.5, 0.6) is 0 Å². The zero-order valence-corrected chi connectivity index (χ0v) is 19.2. The number of rotatable bonds is 8. The highest BCUT2D eigenvalue weighted by molar-refractivity contribution is 7.13. The number of amides is 4. The molecule has 1 N–H and O–H groups in total. The first-order valence-electron chi connectivity index (χ1n) is 10.5. The number of nitrogens with zero attached hydrogens (tertiary/aromatic N) is 4. The van der Waals surface area contributed by atoms with Crippen LogP contribution < -0.4 is 5.32 Å². The lowest BCUT2D eigenvalue weighted by Gasteiger charge is -2.24. The summed E-state index contributed by atoms with van der Waals surface area (Å²) in [5.41, 5.74) is -1.57. The number of benzene rings is 1. The number of halogens is 2. The summed E-state index contributed by atoms with van der Waals surface area (Å²) in [6, 6.07) is 5.82. The Kier molecular flexibility index (Phi) is 6.42. The van der Waals surface area contributed by atoms with Gasteiger partial charge in [-0.3, -0.25) is 14.5 Å². The standard InChI is InChI=1S/C22H21F2N5O4S/c1-3-8-28(11-17-26-27-19(33-17)16-5-4-9-34-16)18(30)12-29-20(31)22(2,25-21(29)32)13-6-7-14(23)15(24)10-13/h4-7,9-10H,3,8,11-12H2,1-2H3,(H,25,32). The van der Waals surface area contributed by atoms with Gasteiger partial charge in [0.15, 0.2) is 11.6 Å². The summed E-state index contributed by atoms with van der Waals surface area (Å²) in [6.45, 7) is 3.06. The smallest absolute Gasteiger partial charge is 0.325 e. The Morgan fingerprint density at radius 2 is 2.03 bits per heavy atom. The average molecular weight is 490 g/mol. The van der Waals surface area contributed by atoms with E-state index in [2.05, 4.69) is 15.5 Å². The molecule has 1 saturated heterocycles. The molecule has 4 rings (SSSR count). The normalized spacial score (nSPS) is 17.8. The molecule has 0 aliphatic carbocycles. The molecule has 0 bridgehead atoms. The van der Waals surface area contributed by atoms with Gasteiger partial charge in [0.05, 0.1) is 11.4 Å². The summed E-state index contributed by atoms with van der Waals surface area (Å²) in [5, 5.41) is 12.3. The zero-order valence-electron chi connectivity index (χ0n) is 18.4. The topological polar surface area (TPSA) is 109 Å². The van der Waals surface area contributed by atoms with Crippen LogP contribution in [0.25, 0.3) is 10.8 Å². The van der Waals surface area contributed by atoms with Gasteiger partial charge in [-0.05, 0) is 42.5 Å². The van der Waals surface area contributed by atoms with E-state index >= 15 is 0 Å². The van der Waals surface area contributed by atoms with E-state index in [1.54, 1.807) is 0 Å². The van der Waals surface area contributed by atoms with Gasteiger partial charge < -0.3 is 14.6 Å². The van der Waals surface area contributed by atoms with Gasteiger partial charge in [0.25, 0.3) is 11.8 Å². The van der Waals surface area contributed by atoms with Crippen LogP contribution in [0.3, 0.4) is 0 Å². The van der Waals surface area contributed by atoms with E-state index in [0.717, 1.165) is 21.9 Å². The molecule has 3 heterocycles. The number of hydrogen-bond acceptors (Lipinski definition) is 7. The first kappa shape index (κ1) is 23.5. The van der Waals surface area contributed by atoms with Crippen molar-refractivity contribution >= 4 is 29.2 Å². The van der Waals surface area contributed by atoms with Gasteiger partial charge >= 0.3 is 6.03 Å². The maximum absolute atomic E-state index is 13.7. The summed E-state index contributed by atoms with van der Waals surface area (Å²) < 4.78 is 32.7. The molecule has 1 fully saturated rings. The molecule has 0 spiro atoms. The van der Waals surface area contributed by atoms with Crippen LogP contribution >= 0.6 is 11.3 Å². The molecule has 178 valence electrons. The summed E-state index contributed by atoms with van der Waals surface area (Å²) in [6.07, 6.45) is 0.615. The molecule has 0 saturated carbocycles. The van der Waals surface area contributed by atoms with Gasteiger partial charge in [-0.25, -0.2) is 13.6 Å². The summed E-state index contributed by atoms with van der Waals surface area (Å²) in [7, 11) is 0. The Morgan fingerprint density at radius 3 is 2.71 bits per heavy atom. The number of urea groups is 1. The highest BCUT2D eigenvalue weighted by Crippen LogP contribution is 2.30. The van der Waals surface area contributed by atoms with Crippen molar-refractivity contribution in [2.75, 3.05) is 13.1 Å². The minimum absolute atomic E-state index is 0.00907. The first-order chi connectivity index (χ1) is 16.2. The monoisotopic (exact) mass is 489 g/mol. The number of carbonyl (C=O) groups excluding carboxylic acids is 3. The molecule has 1 unspecified atom stereocenters. The Morgan fingerprint density at radius 1 is 1.24 bits per heavy atom. The summed E-state index contributed by atoms with van der Waals surface area (Å²) in [4.78, 5) is 41.6. The minimum Gasteiger partial charge on any atom is -0.418 e. The quantitative estimate of drug-likeness (QED) is 0.487. The maximum Gasteiger partial charge on any atom is 0.325 e. The molecular weight excluding hydrogens is 468 g/mol. The lowest BCUT2D eigenvalue weighted by Crippen LogP contribution is -2.44. The molecule has 1 aliphatic heterocycles. The van der Waals surface area contributed by atoms with Crippen molar-refractivity contribution in [3.8, 4) is 10.8 Å². The average Bonchev–Trinajstić information content (AvgIpc) is 3.53. The molecule has 1 aromatic carbocycles. The predicted octanol–water partition coefficient (Wildman–Crippen LogP) is 3.28. The van der Waals surface area contributed by atoms with Crippen molar-refractivity contribution in [2.24, 2.45) is 0 Å². The van der Waals surface area contributed by atoms with Crippen molar-refractivity contribution < 1.29 is 27.6 Å². The number of nitrogens with one attached hydrogen (secondary N) is 1. The first-order valence-corrected chi connectivity index (χ1v) is 11.3. The van der Waals surface area contributed by atoms with Crippen molar-refractivity contribution in [1.29, 1.82) is 0 Å². The molecule has 12 heteroatoms. The molecular formula is C22H21F2N5O4S. The maximum atomic E-state index is 13.7. The summed E-state index contributed by atoms with van der Waals surface area (Å²) in [5.74, 6) is -2.92. The van der Waals surface area contributed by atoms with E-state index in [4.69, 9.17) is 4.42 Å². The number of thiophene rings is 1. The van der Waals surface area contributed by atoms with Crippen LogP contribution in [-0.4, -0.2) is 50.9 Å². The SMILES string of the molecule is CCCN(Cc1nnc(-c2cccs2)o1)C(=O)CN1C(=O)NC(C)(c2ccc(F)c(F)c2)C1=O. The van der Waals surface area contributed by atoms with E-state index in [1.807, 2.05) is 24.4 Å². The Bertz CT molecular complexity index is 1230. The number of hydrogen-bond donors (Lipinski definition) is 1. The third-order valence-corrected chi connectivity index (χ3v) is 6.29. The van der Waals surface area contributed by atoms with Crippen LogP contribution in [0, 0.1) is 11.6 Å². The van der Waals surface area contributed by atoms with E-state index in [-0.39, 0.29) is 18.0 Å². The molecule has 1 atom stereocenters. The van der Waals surface area contributed by atoms with E-state index < -0.39 is 41.6 Å². The Labute approximate surface area is 197 Å². The molecule has 9 nitrogen and oxygen atoms in total. The van der Waals surface area contributed by atoms with Crippen molar-refractivity contribution in [3.05, 3.63) is 58.8 Å². The van der Waals surface area contributed by atoms with Gasteiger partial charge in [0.1, 0.15) is 12.1 Å². The highest BCUT2D eigenvalue weighted by atomic mass is 32.1. The highest BCUT2D eigenvalue weighted by Gasteiger charge is 2.50. The van der Waals surface area contributed by atoms with Gasteiger partial charge in [-0.2, -0.15) is 0 Å². The Balaban J connectivity index is 1.48. The molecule has 4 amide bonds. The van der Waals surface area contributed by atoms with Crippen molar-refractivity contribution in [1.82, 2.24) is 25.3 Å². The fourth-order valence-corrected chi connectivity index (χ4v) is 4.27. The minimum atomic E-state index is -1.64. The number of carbonyl (C=O) groups is 3. The lowest BCUT2D eigenvalue weighted by atomic mass is 9.92. The van der Waals surface area contributed by atoms with Crippen LogP contribution in [0.1, 0.15) is 31.7 Å². The van der Waals surface area contributed by atoms with E-state index in [0.29, 0.717) is 18.9 Å². The second-order valence-corrected chi connectivity index (χ2v) is 8.82. The molecule has 0 radical (unpaired) electrons. The second kappa shape index (κ2) is 9.29. The molecule has 3 aromatic rings. The van der Waals surface area contributed by atoms with Gasteiger partial charge in [0, 0.05) is 6.54 Å². The van der Waals surface area contributed by atoms with Crippen LogP contribution in [0.4, 0.5) is 13.6 Å². The molecule has 2 aromatic heterocycles. The van der Waals surface area contributed by atoms with Crippen molar-refractivity contribution in [3.63, 3.8) is 0 Å². The van der Waals surface area contributed by atoms with Crippen LogP contribution in [-0.2, 0) is 21.7 Å². The Hall–Kier alpha value is -3.67. The lowest BCUT2D eigenvalue weighted by molar-refractivity contribution is -0.139. The largest absolute Gasteiger partial charge is 0.418 e. The molecule has 1 aliphatic rings. The third kappa shape index (κ3) is 4.40. The third-order valence-electron chi connectivity index (χ3n) is 5.44. The predicted molar refractivity (Wildman–Crippen MR) is 117 cm³/mol. The zero-order chi connectivity index (χ0) is 24.5. The van der Waals surface area contributed by atoms with E-state index in [1.165, 1.54) is 29.2 Å². The van der Waals surface area contributed by atoms with Gasteiger partial charge in [-0.1, -0.05) is 19.1 Å². The van der Waals surface area contributed by atoms with Crippen molar-refractivity contribution in [2.45, 2.75) is 32.4 Å². The van der Waals surface area contributed by atoms with Crippen LogP contribution in [0.15, 0.2) is 40.1 Å². The van der Waals surface area contributed by atoms with E-state index in [9.17, 15) is 23.2 Å². The number of aromatic nitrogens is 2.